The highest BCUT2D eigenvalue weighted by Crippen LogP contribution is 2.25. The van der Waals surface area contributed by atoms with Crippen molar-refractivity contribution in [3.05, 3.63) is 11.6 Å². The number of rotatable bonds is 7. The minimum Gasteiger partial charge on any atom is -0.355 e. The van der Waals surface area contributed by atoms with Gasteiger partial charge in [0.25, 0.3) is 0 Å². The first-order valence-corrected chi connectivity index (χ1v) is 13.0. The third kappa shape index (κ3) is 6.01. The normalized spacial score (nSPS) is 24.8. The minimum atomic E-state index is 0.494. The lowest BCUT2D eigenvalue weighted by atomic mass is 9.92. The summed E-state index contributed by atoms with van der Waals surface area (Å²) in [5, 5.41) is 15.9. The van der Waals surface area contributed by atoms with Crippen LogP contribution in [-0.2, 0) is 13.6 Å². The fourth-order valence-corrected chi connectivity index (χ4v) is 5.70. The van der Waals surface area contributed by atoms with E-state index in [-0.39, 0.29) is 0 Å². The van der Waals surface area contributed by atoms with E-state index in [9.17, 15) is 0 Å². The average molecular weight is 445 g/mol. The van der Waals surface area contributed by atoms with Crippen LogP contribution in [-0.4, -0.2) is 81.4 Å². The zero-order chi connectivity index (χ0) is 22.3. The number of likely N-dealkylation sites (tertiary alicyclic amines) is 2. The Morgan fingerprint density at radius 1 is 1.00 bits per heavy atom. The van der Waals surface area contributed by atoms with Gasteiger partial charge in [0.2, 0.25) is 0 Å². The Labute approximate surface area is 194 Å². The summed E-state index contributed by atoms with van der Waals surface area (Å²) in [7, 11) is 2.01. The lowest BCUT2D eigenvalue weighted by molar-refractivity contribution is 0.119. The molecule has 3 aliphatic rings. The molecule has 1 aliphatic carbocycles. The molecule has 180 valence electrons. The fraction of sp³-hybridized carbons (Fsp3) is 0.875. The van der Waals surface area contributed by atoms with Crippen LogP contribution >= 0.6 is 0 Å². The van der Waals surface area contributed by atoms with Gasteiger partial charge in [-0.05, 0) is 58.5 Å². The lowest BCUT2D eigenvalue weighted by Gasteiger charge is -2.39. The van der Waals surface area contributed by atoms with Crippen LogP contribution in [0.2, 0.25) is 0 Å². The highest BCUT2D eigenvalue weighted by molar-refractivity contribution is 5.80. The van der Waals surface area contributed by atoms with Gasteiger partial charge in [0.15, 0.2) is 11.8 Å². The monoisotopic (exact) mass is 444 g/mol. The summed E-state index contributed by atoms with van der Waals surface area (Å²) in [4.78, 5) is 10.3. The zero-order valence-electron chi connectivity index (χ0n) is 20.5. The SMILES string of the molecule is CCN1CCCC1CNC(=NCc1nnc(C)n1C)NC1CCN(C2CCCCC2)CC1. The number of aryl methyl sites for hydroxylation is 1. The second kappa shape index (κ2) is 11.5. The van der Waals surface area contributed by atoms with E-state index >= 15 is 0 Å². The number of guanidine groups is 1. The summed E-state index contributed by atoms with van der Waals surface area (Å²) in [6, 6.07) is 1.93. The Kier molecular flexibility index (Phi) is 8.41. The number of nitrogens with one attached hydrogen (secondary N) is 2. The summed E-state index contributed by atoms with van der Waals surface area (Å²) in [6.45, 7) is 10.5. The Bertz CT molecular complexity index is 730. The number of piperidine rings is 1. The molecular formula is C24H44N8. The number of likely N-dealkylation sites (N-methyl/N-ethyl adjacent to an activating group) is 1. The van der Waals surface area contributed by atoms with E-state index in [1.165, 1.54) is 77.4 Å². The average Bonchev–Trinajstić information content (AvgIpc) is 3.42. The second-order valence-electron chi connectivity index (χ2n) is 9.94. The van der Waals surface area contributed by atoms with Gasteiger partial charge in [-0.3, -0.25) is 4.90 Å². The zero-order valence-corrected chi connectivity index (χ0v) is 20.5. The van der Waals surface area contributed by atoms with E-state index < -0.39 is 0 Å². The molecule has 4 rings (SSSR count). The molecule has 0 spiro atoms. The third-order valence-electron chi connectivity index (χ3n) is 7.93. The molecule has 3 heterocycles. The quantitative estimate of drug-likeness (QED) is 0.497. The Balaban J connectivity index is 1.34. The van der Waals surface area contributed by atoms with Crippen molar-refractivity contribution in [3.8, 4) is 0 Å². The number of nitrogens with zero attached hydrogens (tertiary/aromatic N) is 6. The van der Waals surface area contributed by atoms with Gasteiger partial charge < -0.3 is 20.1 Å². The third-order valence-corrected chi connectivity index (χ3v) is 7.93. The first-order chi connectivity index (χ1) is 15.6. The van der Waals surface area contributed by atoms with Crippen LogP contribution in [0.4, 0.5) is 0 Å². The van der Waals surface area contributed by atoms with Crippen LogP contribution in [0.5, 0.6) is 0 Å². The number of hydrogen-bond acceptors (Lipinski definition) is 5. The Morgan fingerprint density at radius 3 is 2.47 bits per heavy atom. The molecule has 1 aromatic heterocycles. The number of aliphatic imine (C=N–C) groups is 1. The molecule has 0 aromatic carbocycles. The standard InChI is InChI=1S/C24H44N8/c1-4-31-14-8-11-22(31)17-25-24(26-18-23-29-28-19(2)30(23)3)27-20-12-15-32(16-13-20)21-9-6-5-7-10-21/h20-22H,4-18H2,1-3H3,(H2,25,26,27). The molecule has 2 aliphatic heterocycles. The van der Waals surface area contributed by atoms with Gasteiger partial charge in [-0.2, -0.15) is 0 Å². The van der Waals surface area contributed by atoms with Crippen molar-refractivity contribution in [2.75, 3.05) is 32.7 Å². The maximum atomic E-state index is 4.92. The van der Waals surface area contributed by atoms with E-state index in [0.717, 1.165) is 36.7 Å². The number of hydrogen-bond donors (Lipinski definition) is 2. The van der Waals surface area contributed by atoms with Gasteiger partial charge in [-0.15, -0.1) is 10.2 Å². The van der Waals surface area contributed by atoms with Crippen molar-refractivity contribution in [1.82, 2.24) is 35.2 Å². The van der Waals surface area contributed by atoms with Crippen molar-refractivity contribution in [2.45, 2.75) is 96.3 Å². The van der Waals surface area contributed by atoms with Crippen LogP contribution in [0.15, 0.2) is 4.99 Å². The summed E-state index contributed by atoms with van der Waals surface area (Å²) in [6.07, 6.45) is 12.0. The van der Waals surface area contributed by atoms with Crippen molar-refractivity contribution in [1.29, 1.82) is 0 Å². The molecule has 1 aromatic rings. The van der Waals surface area contributed by atoms with Gasteiger partial charge in [-0.25, -0.2) is 4.99 Å². The predicted octanol–water partition coefficient (Wildman–Crippen LogP) is 2.44. The van der Waals surface area contributed by atoms with Crippen LogP contribution in [0.1, 0.15) is 76.4 Å². The Morgan fingerprint density at radius 2 is 1.78 bits per heavy atom. The van der Waals surface area contributed by atoms with E-state index in [1.54, 1.807) is 0 Å². The van der Waals surface area contributed by atoms with Crippen molar-refractivity contribution < 1.29 is 0 Å². The fourth-order valence-electron chi connectivity index (χ4n) is 5.70. The van der Waals surface area contributed by atoms with E-state index in [0.29, 0.717) is 18.6 Å². The lowest BCUT2D eigenvalue weighted by Crippen LogP contribution is -2.52. The first kappa shape index (κ1) is 23.5. The Hall–Kier alpha value is -1.67. The molecule has 2 saturated heterocycles. The van der Waals surface area contributed by atoms with Gasteiger partial charge in [0.1, 0.15) is 12.4 Å². The van der Waals surface area contributed by atoms with E-state index in [4.69, 9.17) is 4.99 Å². The summed E-state index contributed by atoms with van der Waals surface area (Å²) in [5.74, 6) is 2.77. The molecule has 0 radical (unpaired) electrons. The molecule has 0 bridgehead atoms. The van der Waals surface area contributed by atoms with Crippen molar-refractivity contribution in [3.63, 3.8) is 0 Å². The first-order valence-electron chi connectivity index (χ1n) is 13.0. The van der Waals surface area contributed by atoms with Gasteiger partial charge in [-0.1, -0.05) is 26.2 Å². The molecule has 32 heavy (non-hydrogen) atoms. The summed E-state index contributed by atoms with van der Waals surface area (Å²) in [5.41, 5.74) is 0. The molecule has 8 heteroatoms. The molecule has 1 saturated carbocycles. The second-order valence-corrected chi connectivity index (χ2v) is 9.94. The molecule has 3 fully saturated rings. The molecule has 1 atom stereocenters. The summed E-state index contributed by atoms with van der Waals surface area (Å²) < 4.78 is 2.03. The van der Waals surface area contributed by atoms with Crippen LogP contribution in [0.25, 0.3) is 0 Å². The van der Waals surface area contributed by atoms with Gasteiger partial charge in [0, 0.05) is 44.8 Å². The van der Waals surface area contributed by atoms with Gasteiger partial charge in [0.05, 0.1) is 0 Å². The van der Waals surface area contributed by atoms with Crippen molar-refractivity contribution >= 4 is 5.96 Å². The highest BCUT2D eigenvalue weighted by Gasteiger charge is 2.27. The minimum absolute atomic E-state index is 0.494. The number of aromatic nitrogens is 3. The molecule has 1 unspecified atom stereocenters. The smallest absolute Gasteiger partial charge is 0.191 e. The topological polar surface area (TPSA) is 73.6 Å². The maximum absolute atomic E-state index is 4.92. The maximum Gasteiger partial charge on any atom is 0.191 e. The van der Waals surface area contributed by atoms with Crippen LogP contribution in [0.3, 0.4) is 0 Å². The van der Waals surface area contributed by atoms with Crippen molar-refractivity contribution in [2.24, 2.45) is 12.0 Å². The van der Waals surface area contributed by atoms with Crippen LogP contribution < -0.4 is 10.6 Å². The molecule has 2 N–H and O–H groups in total. The van der Waals surface area contributed by atoms with E-state index in [1.807, 2.05) is 18.5 Å². The molecular weight excluding hydrogens is 400 g/mol. The van der Waals surface area contributed by atoms with E-state index in [2.05, 4.69) is 37.6 Å². The summed E-state index contributed by atoms with van der Waals surface area (Å²) >= 11 is 0. The largest absolute Gasteiger partial charge is 0.355 e. The van der Waals surface area contributed by atoms with Gasteiger partial charge >= 0.3 is 0 Å². The van der Waals surface area contributed by atoms with Crippen LogP contribution in [0, 0.1) is 6.92 Å². The molecule has 0 amide bonds. The highest BCUT2D eigenvalue weighted by atomic mass is 15.3. The molecule has 8 nitrogen and oxygen atoms in total. The predicted molar refractivity (Wildman–Crippen MR) is 130 cm³/mol.